The highest BCUT2D eigenvalue weighted by Gasteiger charge is 2.23. The van der Waals surface area contributed by atoms with Crippen LogP contribution in [0.5, 0.6) is 0 Å². The molecule has 2 N–H and O–H groups in total. The van der Waals surface area contributed by atoms with Gasteiger partial charge in [-0.05, 0) is 6.07 Å². The summed E-state index contributed by atoms with van der Waals surface area (Å²) in [6.45, 7) is 0.994. The highest BCUT2D eigenvalue weighted by Crippen LogP contribution is 2.16. The topological polar surface area (TPSA) is 94.7 Å². The summed E-state index contributed by atoms with van der Waals surface area (Å²) in [5.41, 5.74) is 1.86. The standard InChI is InChI=1S/C11H11N5O2/c17-10-5-7-6-16(4-2-8(7)14-15-10)11(18)9-1-3-12-13-9/h1,3,5H,2,4,6H2,(H,12,13)(H,15,17). The Kier molecular flexibility index (Phi) is 2.44. The molecule has 18 heavy (non-hydrogen) atoms. The molecule has 0 radical (unpaired) electrons. The molecule has 3 rings (SSSR count). The number of nitrogens with zero attached hydrogens (tertiary/aromatic N) is 3. The number of rotatable bonds is 1. The molecule has 2 aromatic rings. The van der Waals surface area contributed by atoms with Gasteiger partial charge in [-0.3, -0.25) is 14.7 Å². The minimum Gasteiger partial charge on any atom is -0.333 e. The summed E-state index contributed by atoms with van der Waals surface area (Å²) in [4.78, 5) is 25.0. The molecule has 2 aromatic heterocycles. The van der Waals surface area contributed by atoms with Crippen LogP contribution in [-0.2, 0) is 13.0 Å². The molecule has 0 atom stereocenters. The quantitative estimate of drug-likeness (QED) is 0.720. The molecule has 7 nitrogen and oxygen atoms in total. The zero-order chi connectivity index (χ0) is 12.5. The highest BCUT2D eigenvalue weighted by molar-refractivity contribution is 5.92. The molecule has 7 heteroatoms. The monoisotopic (exact) mass is 245 g/mol. The fourth-order valence-electron chi connectivity index (χ4n) is 2.07. The molecule has 0 bridgehead atoms. The maximum absolute atomic E-state index is 12.1. The van der Waals surface area contributed by atoms with Crippen LogP contribution in [0.25, 0.3) is 0 Å². The van der Waals surface area contributed by atoms with Crippen molar-refractivity contribution in [2.24, 2.45) is 0 Å². The summed E-state index contributed by atoms with van der Waals surface area (Å²) in [5, 5.41) is 12.8. The molecule has 1 aliphatic rings. The molecule has 0 unspecified atom stereocenters. The van der Waals surface area contributed by atoms with E-state index in [1.54, 1.807) is 11.0 Å². The molecule has 92 valence electrons. The first-order chi connectivity index (χ1) is 8.74. The van der Waals surface area contributed by atoms with Crippen molar-refractivity contribution in [3.8, 4) is 0 Å². The number of hydrogen-bond donors (Lipinski definition) is 2. The van der Waals surface area contributed by atoms with Crippen LogP contribution in [0, 0.1) is 0 Å². The van der Waals surface area contributed by atoms with E-state index in [0.29, 0.717) is 25.2 Å². The van der Waals surface area contributed by atoms with Crippen LogP contribution in [0.2, 0.25) is 0 Å². The number of carbonyl (C=O) groups is 1. The Morgan fingerprint density at radius 3 is 3.06 bits per heavy atom. The van der Waals surface area contributed by atoms with Crippen molar-refractivity contribution < 1.29 is 4.79 Å². The first kappa shape index (κ1) is 10.7. The third-order valence-corrected chi connectivity index (χ3v) is 2.98. The Labute approximate surface area is 102 Å². The highest BCUT2D eigenvalue weighted by atomic mass is 16.2. The predicted molar refractivity (Wildman–Crippen MR) is 61.9 cm³/mol. The van der Waals surface area contributed by atoms with E-state index in [-0.39, 0.29) is 11.5 Å². The predicted octanol–water partition coefficient (Wildman–Crippen LogP) is -0.309. The van der Waals surface area contributed by atoms with Gasteiger partial charge in [0.25, 0.3) is 11.5 Å². The lowest BCUT2D eigenvalue weighted by molar-refractivity contribution is 0.0727. The Bertz CT molecular complexity index is 631. The van der Waals surface area contributed by atoms with Crippen molar-refractivity contribution in [2.45, 2.75) is 13.0 Å². The molecule has 0 fully saturated rings. The molecule has 0 aliphatic carbocycles. The van der Waals surface area contributed by atoms with E-state index in [0.717, 1.165) is 11.3 Å². The van der Waals surface area contributed by atoms with Crippen LogP contribution < -0.4 is 5.56 Å². The van der Waals surface area contributed by atoms with Crippen LogP contribution in [0.1, 0.15) is 21.7 Å². The Morgan fingerprint density at radius 2 is 2.28 bits per heavy atom. The van der Waals surface area contributed by atoms with Crippen molar-refractivity contribution in [2.75, 3.05) is 6.54 Å². The molecule has 1 amide bonds. The van der Waals surface area contributed by atoms with E-state index in [4.69, 9.17) is 0 Å². The maximum atomic E-state index is 12.1. The van der Waals surface area contributed by atoms with Gasteiger partial charge in [-0.1, -0.05) is 0 Å². The van der Waals surface area contributed by atoms with E-state index >= 15 is 0 Å². The minimum absolute atomic E-state index is 0.113. The first-order valence-electron chi connectivity index (χ1n) is 5.60. The van der Waals surface area contributed by atoms with Crippen LogP contribution in [0.4, 0.5) is 0 Å². The third kappa shape index (κ3) is 1.79. The van der Waals surface area contributed by atoms with Gasteiger partial charge >= 0.3 is 0 Å². The van der Waals surface area contributed by atoms with Crippen molar-refractivity contribution in [3.05, 3.63) is 45.6 Å². The molecule has 0 saturated carbocycles. The summed E-state index contributed by atoms with van der Waals surface area (Å²) in [6.07, 6.45) is 2.18. The normalized spacial score (nSPS) is 14.3. The van der Waals surface area contributed by atoms with Crippen molar-refractivity contribution in [3.63, 3.8) is 0 Å². The molecule has 3 heterocycles. The Morgan fingerprint density at radius 1 is 1.39 bits per heavy atom. The number of hydrogen-bond acceptors (Lipinski definition) is 4. The number of aromatic nitrogens is 4. The van der Waals surface area contributed by atoms with Crippen LogP contribution in [0.15, 0.2) is 23.1 Å². The zero-order valence-corrected chi connectivity index (χ0v) is 9.51. The minimum atomic E-state index is -0.246. The number of carbonyl (C=O) groups excluding carboxylic acids is 1. The SMILES string of the molecule is O=C(c1ccn[nH]1)N1CCc2n[nH]c(=O)cc2C1. The summed E-state index contributed by atoms with van der Waals surface area (Å²) >= 11 is 0. The first-order valence-corrected chi connectivity index (χ1v) is 5.60. The van der Waals surface area contributed by atoms with Gasteiger partial charge in [0.05, 0.1) is 5.69 Å². The summed E-state index contributed by atoms with van der Waals surface area (Å²) in [7, 11) is 0. The average molecular weight is 245 g/mol. The van der Waals surface area contributed by atoms with Gasteiger partial charge < -0.3 is 4.90 Å². The number of aromatic amines is 2. The number of H-pyrrole nitrogens is 2. The fourth-order valence-corrected chi connectivity index (χ4v) is 2.07. The van der Waals surface area contributed by atoms with Gasteiger partial charge in [0.2, 0.25) is 0 Å². The van der Waals surface area contributed by atoms with Crippen LogP contribution in [0.3, 0.4) is 0 Å². The van der Waals surface area contributed by atoms with Gasteiger partial charge in [0.15, 0.2) is 0 Å². The lowest BCUT2D eigenvalue weighted by atomic mass is 10.1. The van der Waals surface area contributed by atoms with Crippen molar-refractivity contribution in [1.82, 2.24) is 25.3 Å². The third-order valence-electron chi connectivity index (χ3n) is 2.98. The molecular weight excluding hydrogens is 234 g/mol. The molecule has 0 saturated heterocycles. The second-order valence-corrected chi connectivity index (χ2v) is 4.15. The second-order valence-electron chi connectivity index (χ2n) is 4.15. The van der Waals surface area contributed by atoms with Gasteiger partial charge in [0.1, 0.15) is 5.69 Å². The Hall–Kier alpha value is -2.44. The van der Waals surface area contributed by atoms with Crippen molar-refractivity contribution >= 4 is 5.91 Å². The number of amides is 1. The van der Waals surface area contributed by atoms with E-state index in [1.807, 2.05) is 0 Å². The van der Waals surface area contributed by atoms with E-state index in [1.165, 1.54) is 12.3 Å². The molecule has 0 spiro atoms. The van der Waals surface area contributed by atoms with Gasteiger partial charge in [0, 0.05) is 37.3 Å². The average Bonchev–Trinajstić information content (AvgIpc) is 2.90. The molecule has 0 aromatic carbocycles. The largest absolute Gasteiger partial charge is 0.333 e. The number of nitrogens with one attached hydrogen (secondary N) is 2. The van der Waals surface area contributed by atoms with E-state index in [9.17, 15) is 9.59 Å². The Balaban J connectivity index is 1.86. The van der Waals surface area contributed by atoms with E-state index in [2.05, 4.69) is 20.4 Å². The van der Waals surface area contributed by atoms with Crippen LogP contribution >= 0.6 is 0 Å². The van der Waals surface area contributed by atoms with Gasteiger partial charge in [-0.25, -0.2) is 5.10 Å². The summed E-state index contributed by atoms with van der Waals surface area (Å²) < 4.78 is 0. The smallest absolute Gasteiger partial charge is 0.272 e. The van der Waals surface area contributed by atoms with E-state index < -0.39 is 0 Å². The lowest BCUT2D eigenvalue weighted by Gasteiger charge is -2.27. The van der Waals surface area contributed by atoms with Crippen LogP contribution in [-0.4, -0.2) is 37.7 Å². The van der Waals surface area contributed by atoms with Gasteiger partial charge in [-0.2, -0.15) is 10.2 Å². The summed E-state index contributed by atoms with van der Waals surface area (Å²) in [6, 6.07) is 3.13. The molecular formula is C11H11N5O2. The molecule has 1 aliphatic heterocycles. The second kappa shape index (κ2) is 4.10. The zero-order valence-electron chi connectivity index (χ0n) is 9.51. The lowest BCUT2D eigenvalue weighted by Crippen LogP contribution is -2.37. The van der Waals surface area contributed by atoms with Gasteiger partial charge in [-0.15, -0.1) is 0 Å². The summed E-state index contributed by atoms with van der Waals surface area (Å²) in [5.74, 6) is -0.113. The maximum Gasteiger partial charge on any atom is 0.272 e. The number of fused-ring (bicyclic) bond motifs is 1. The van der Waals surface area contributed by atoms with Crippen molar-refractivity contribution in [1.29, 1.82) is 0 Å². The fraction of sp³-hybridized carbons (Fsp3) is 0.273.